The smallest absolute Gasteiger partial charge is 0.210 e. The van der Waals surface area contributed by atoms with Crippen LogP contribution in [0.1, 0.15) is 147 Å². The molecule has 10 heteroatoms. The Morgan fingerprint density at radius 2 is 1.25 bits per heavy atom. The molecule has 8 atom stereocenters. The van der Waals surface area contributed by atoms with Crippen molar-refractivity contribution < 1.29 is 43.6 Å². The van der Waals surface area contributed by atoms with E-state index in [2.05, 4.69) is 148 Å². The van der Waals surface area contributed by atoms with Gasteiger partial charge in [0.1, 0.15) is 24.3 Å². The van der Waals surface area contributed by atoms with E-state index in [1.54, 1.807) is 12.1 Å². The van der Waals surface area contributed by atoms with Gasteiger partial charge in [0, 0.05) is 60.0 Å². The number of anilines is 1. The maximum absolute atomic E-state index is 10.9. The van der Waals surface area contributed by atoms with Gasteiger partial charge in [-0.05, 0) is 160 Å². The molecular weight excluding hydrogens is 997 g/mol. The van der Waals surface area contributed by atoms with E-state index in [0.717, 1.165) is 54.6 Å². The highest BCUT2D eigenvalue weighted by atomic mass is 16.7. The first-order valence-corrected chi connectivity index (χ1v) is 29.3. The average Bonchev–Trinajstić information content (AvgIpc) is 4.04. The Balaban J connectivity index is 0.923. The molecule has 0 saturated carbocycles. The van der Waals surface area contributed by atoms with E-state index in [-0.39, 0.29) is 47.1 Å². The van der Waals surface area contributed by atoms with Crippen LogP contribution in [0.5, 0.6) is 11.5 Å². The molecule has 4 heterocycles. The van der Waals surface area contributed by atoms with Crippen molar-refractivity contribution in [1.82, 2.24) is 0 Å². The van der Waals surface area contributed by atoms with Gasteiger partial charge in [0.05, 0.1) is 47.6 Å². The summed E-state index contributed by atoms with van der Waals surface area (Å²) in [6.07, 6.45) is 14.2. The summed E-state index contributed by atoms with van der Waals surface area (Å²) in [5.74, 6) is 1.64. The number of hydrogen-bond acceptors (Lipinski definition) is 9. The molecule has 1 aliphatic carbocycles. The number of ether oxygens (including phenoxy) is 5. The number of likely N-dealkylation sites (N-methyl/N-ethyl adjacent to an activating group) is 1. The summed E-state index contributed by atoms with van der Waals surface area (Å²) in [6, 6.07) is 41.7. The van der Waals surface area contributed by atoms with Crippen molar-refractivity contribution in [1.29, 1.82) is 0 Å². The molecule has 0 spiro atoms. The summed E-state index contributed by atoms with van der Waals surface area (Å²) in [6.45, 7) is 13.0. The molecule has 2 saturated heterocycles. The fourth-order valence-corrected chi connectivity index (χ4v) is 13.6. The topological polar surface area (TPSA) is 113 Å². The number of benzene rings is 6. The molecule has 0 amide bonds. The highest BCUT2D eigenvalue weighted by Crippen LogP contribution is 2.51. The number of aliphatic hydroxyl groups is 2. The Bertz CT molecular complexity index is 3420. The monoisotopic (exact) mass is 1080 g/mol. The van der Waals surface area contributed by atoms with Crippen LogP contribution in [0.15, 0.2) is 168 Å². The molecule has 80 heavy (non-hydrogen) atoms. The maximum Gasteiger partial charge on any atom is 0.210 e. The third-order valence-electron chi connectivity index (χ3n) is 17.6. The van der Waals surface area contributed by atoms with Crippen LogP contribution in [0.3, 0.4) is 0 Å². The number of nitrogens with zero attached hydrogens (tertiary/aromatic N) is 2. The number of allylic oxidation sites excluding steroid dienone is 7. The number of fused-ring (bicyclic) bond motifs is 6. The molecule has 8 unspecified atom stereocenters. The zero-order valence-corrected chi connectivity index (χ0v) is 48.0. The second-order valence-corrected chi connectivity index (χ2v) is 24.2. The Hall–Kier alpha value is -6.37. The molecule has 0 aromatic heterocycles. The quantitative estimate of drug-likeness (QED) is 0.0816. The fraction of sp³-hybridized carbons (Fsp3) is 0.414. The van der Waals surface area contributed by atoms with Crippen molar-refractivity contribution in [3.8, 4) is 11.5 Å². The van der Waals surface area contributed by atoms with E-state index in [0.29, 0.717) is 49.8 Å². The van der Waals surface area contributed by atoms with Gasteiger partial charge in [0.15, 0.2) is 18.3 Å². The van der Waals surface area contributed by atoms with Crippen molar-refractivity contribution in [2.75, 3.05) is 19.0 Å². The number of hydrogen-bond donors (Lipinski definition) is 3. The number of phenols is 1. The zero-order valence-electron chi connectivity index (χ0n) is 48.0. The van der Waals surface area contributed by atoms with Crippen molar-refractivity contribution in [3.05, 3.63) is 190 Å². The SMILES string of the molecule is CC(O)CCCC1CC(CCC2CC(CC(C)O)OC(c3ccccc3OC3=C(/C=C/C4=[N+](C)c5ccc6ccccc6c5C4(C)C)CCC/C3=C\C=C3\N(C)c4ccc5ccccc5c4C3(C)C)O2)OC(c2ccccc2O)O1. The first kappa shape index (κ1) is 55.5. The number of aromatic hydroxyl groups is 1. The van der Waals surface area contributed by atoms with Crippen LogP contribution in [-0.2, 0) is 29.8 Å². The van der Waals surface area contributed by atoms with Crippen LogP contribution in [0, 0.1) is 0 Å². The summed E-state index contributed by atoms with van der Waals surface area (Å²) in [5.41, 5.74) is 10.7. The van der Waals surface area contributed by atoms with Gasteiger partial charge in [-0.1, -0.05) is 111 Å². The van der Waals surface area contributed by atoms with E-state index in [9.17, 15) is 15.3 Å². The largest absolute Gasteiger partial charge is 0.507 e. The maximum atomic E-state index is 10.9. The van der Waals surface area contributed by atoms with Crippen LogP contribution in [0.4, 0.5) is 11.4 Å². The second-order valence-electron chi connectivity index (χ2n) is 24.2. The lowest BCUT2D eigenvalue weighted by Gasteiger charge is -2.39. The first-order chi connectivity index (χ1) is 38.5. The molecule has 11 rings (SSSR count). The highest BCUT2D eigenvalue weighted by Gasteiger charge is 2.45. The van der Waals surface area contributed by atoms with Crippen LogP contribution < -0.4 is 9.64 Å². The Morgan fingerprint density at radius 1 is 0.650 bits per heavy atom. The lowest BCUT2D eigenvalue weighted by Crippen LogP contribution is -2.38. The Morgan fingerprint density at radius 3 is 1.95 bits per heavy atom. The summed E-state index contributed by atoms with van der Waals surface area (Å²) in [5, 5.41) is 36.8. The Labute approximate surface area is 473 Å². The van der Waals surface area contributed by atoms with Gasteiger partial charge in [-0.15, -0.1) is 0 Å². The molecule has 2 fully saturated rings. The van der Waals surface area contributed by atoms with Crippen molar-refractivity contribution >= 4 is 38.6 Å². The van der Waals surface area contributed by atoms with E-state index >= 15 is 0 Å². The number of rotatable bonds is 16. The molecule has 5 aliphatic rings. The number of phenolic OH excluding ortho intramolecular Hbond substituents is 1. The summed E-state index contributed by atoms with van der Waals surface area (Å²) < 4.78 is 36.8. The first-order valence-electron chi connectivity index (χ1n) is 29.3. The lowest BCUT2D eigenvalue weighted by atomic mass is 9.78. The van der Waals surface area contributed by atoms with Crippen LogP contribution in [0.2, 0.25) is 0 Å². The van der Waals surface area contributed by atoms with Gasteiger partial charge in [-0.2, -0.15) is 4.58 Å². The molecule has 418 valence electrons. The van der Waals surface area contributed by atoms with E-state index in [4.69, 9.17) is 23.7 Å². The number of aliphatic hydroxyl groups excluding tert-OH is 2. The fourth-order valence-electron chi connectivity index (χ4n) is 13.6. The molecule has 6 aromatic rings. The van der Waals surface area contributed by atoms with Crippen LogP contribution in [0.25, 0.3) is 21.5 Å². The van der Waals surface area contributed by atoms with E-state index in [1.807, 2.05) is 50.2 Å². The lowest BCUT2D eigenvalue weighted by molar-refractivity contribution is -0.401. The Kier molecular flexibility index (Phi) is 16.1. The van der Waals surface area contributed by atoms with Crippen molar-refractivity contribution in [3.63, 3.8) is 0 Å². The summed E-state index contributed by atoms with van der Waals surface area (Å²) in [7, 11) is 4.38. The standard InChI is InChI=1S/C70H80N2O8/c1-44(73)19-17-24-50-42-51(77-67(76-50)56-27-13-15-29-60(56)75)35-36-52-43-53(41-45(2)74)79-68(78-52)57-28-14-16-30-61(57)80-66-48(33-39-62-69(3,4)64-54-25-11-9-20-46(54)31-37-58(64)71(62)7)22-18-23-49(66)34-40-63-70(5,6)65-55-26-12-10-21-47(55)32-38-59(65)72(63)8/h9-16,20-21,25-34,37-40,44-45,50-53,67-68,73-74H,17-19,22-24,35-36,41-43H2,1-8H3/p+1. The van der Waals surface area contributed by atoms with Gasteiger partial charge < -0.3 is 43.9 Å². The van der Waals surface area contributed by atoms with Crippen molar-refractivity contribution in [2.45, 2.75) is 172 Å². The van der Waals surface area contributed by atoms with E-state index < -0.39 is 18.7 Å². The second kappa shape index (κ2) is 23.2. The zero-order chi connectivity index (χ0) is 55.9. The molecule has 0 radical (unpaired) electrons. The molecule has 4 aliphatic heterocycles. The van der Waals surface area contributed by atoms with Gasteiger partial charge in [-0.3, -0.25) is 0 Å². The third-order valence-corrected chi connectivity index (χ3v) is 17.6. The van der Waals surface area contributed by atoms with E-state index in [1.165, 1.54) is 55.5 Å². The molecule has 10 nitrogen and oxygen atoms in total. The minimum Gasteiger partial charge on any atom is -0.507 e. The van der Waals surface area contributed by atoms with Crippen molar-refractivity contribution in [2.24, 2.45) is 0 Å². The number of para-hydroxylation sites is 2. The van der Waals surface area contributed by atoms with Gasteiger partial charge in [0.2, 0.25) is 5.69 Å². The minimum atomic E-state index is -0.762. The van der Waals surface area contributed by atoms with Crippen LogP contribution >= 0.6 is 0 Å². The van der Waals surface area contributed by atoms with Gasteiger partial charge >= 0.3 is 0 Å². The third kappa shape index (κ3) is 11.2. The predicted molar refractivity (Wildman–Crippen MR) is 320 cm³/mol. The van der Waals surface area contributed by atoms with Gasteiger partial charge in [-0.25, -0.2) is 0 Å². The van der Waals surface area contributed by atoms with Crippen LogP contribution in [-0.4, -0.2) is 76.3 Å². The average molecular weight is 1080 g/mol. The molecular formula is C70H81N2O8+. The van der Waals surface area contributed by atoms with Gasteiger partial charge in [0.25, 0.3) is 0 Å². The molecule has 6 aromatic carbocycles. The normalized spacial score (nSPS) is 25.5. The highest BCUT2D eigenvalue weighted by molar-refractivity contribution is 6.07. The molecule has 3 N–H and O–H groups in total. The molecule has 0 bridgehead atoms. The minimum absolute atomic E-state index is 0.0977. The predicted octanol–water partition coefficient (Wildman–Crippen LogP) is 15.2. The summed E-state index contributed by atoms with van der Waals surface area (Å²) >= 11 is 0. The summed E-state index contributed by atoms with van der Waals surface area (Å²) in [4.78, 5) is 2.36.